The van der Waals surface area contributed by atoms with Gasteiger partial charge in [0, 0.05) is 21.2 Å². The molecular formula is C16H14Cl4O4S2. The summed E-state index contributed by atoms with van der Waals surface area (Å²) in [6, 6.07) is 5.24. The Bertz CT molecular complexity index is 990. The first-order valence-electron chi connectivity index (χ1n) is 7.38. The van der Waals surface area contributed by atoms with Crippen molar-refractivity contribution in [2.45, 2.75) is 23.6 Å². The lowest BCUT2D eigenvalue weighted by Crippen LogP contribution is -2.05. The minimum absolute atomic E-state index is 0.0105. The first kappa shape index (κ1) is 21.8. The molecular weight excluding hydrogens is 466 g/mol. The summed E-state index contributed by atoms with van der Waals surface area (Å²) in [7, 11) is -7.11. The molecule has 0 saturated carbocycles. The van der Waals surface area contributed by atoms with Crippen molar-refractivity contribution in [3.05, 3.63) is 44.4 Å². The van der Waals surface area contributed by atoms with Gasteiger partial charge in [0.25, 0.3) is 0 Å². The molecule has 0 unspecified atom stereocenters. The molecule has 10 heteroatoms. The average molecular weight is 480 g/mol. The highest BCUT2D eigenvalue weighted by molar-refractivity contribution is 7.91. The van der Waals surface area contributed by atoms with E-state index in [0.717, 1.165) is 0 Å². The second kappa shape index (κ2) is 7.86. The molecule has 26 heavy (non-hydrogen) atoms. The molecule has 0 aliphatic carbocycles. The summed E-state index contributed by atoms with van der Waals surface area (Å²) in [6.07, 6.45) is 0. The van der Waals surface area contributed by atoms with Gasteiger partial charge in [0.2, 0.25) is 0 Å². The zero-order valence-corrected chi connectivity index (χ0v) is 18.3. The molecule has 0 aliphatic rings. The van der Waals surface area contributed by atoms with Crippen molar-refractivity contribution in [3.63, 3.8) is 0 Å². The van der Waals surface area contributed by atoms with Crippen molar-refractivity contribution in [1.29, 1.82) is 0 Å². The largest absolute Gasteiger partial charge is 0.224 e. The van der Waals surface area contributed by atoms with E-state index in [1.165, 1.54) is 38.1 Å². The Morgan fingerprint density at radius 2 is 0.923 bits per heavy atom. The summed E-state index contributed by atoms with van der Waals surface area (Å²) in [5.74, 6) is -0.253. The lowest BCUT2D eigenvalue weighted by molar-refractivity contribution is 0.595. The van der Waals surface area contributed by atoms with Crippen molar-refractivity contribution in [2.75, 3.05) is 11.5 Å². The number of rotatable bonds is 5. The van der Waals surface area contributed by atoms with E-state index in [0.29, 0.717) is 11.1 Å². The van der Waals surface area contributed by atoms with Gasteiger partial charge in [-0.1, -0.05) is 60.3 Å². The highest BCUT2D eigenvalue weighted by Crippen LogP contribution is 2.41. The number of sulfone groups is 2. The molecule has 2 rings (SSSR count). The fraction of sp³-hybridized carbons (Fsp3) is 0.250. The van der Waals surface area contributed by atoms with Crippen molar-refractivity contribution < 1.29 is 16.8 Å². The van der Waals surface area contributed by atoms with Gasteiger partial charge in [0.15, 0.2) is 19.7 Å². The van der Waals surface area contributed by atoms with E-state index in [4.69, 9.17) is 46.4 Å². The second-order valence-electron chi connectivity index (χ2n) is 5.33. The maximum atomic E-state index is 12.1. The first-order valence-corrected chi connectivity index (χ1v) is 12.2. The molecule has 0 atom stereocenters. The number of hydrogen-bond donors (Lipinski definition) is 0. The van der Waals surface area contributed by atoms with E-state index in [2.05, 4.69) is 0 Å². The van der Waals surface area contributed by atoms with Crippen LogP contribution in [0.4, 0.5) is 0 Å². The van der Waals surface area contributed by atoms with Crippen LogP contribution >= 0.6 is 46.4 Å². The number of halogens is 4. The van der Waals surface area contributed by atoms with Crippen LogP contribution in [0.1, 0.15) is 13.8 Å². The molecule has 0 spiro atoms. The normalized spacial score (nSPS) is 12.4. The minimum Gasteiger partial charge on any atom is -0.224 e. The van der Waals surface area contributed by atoms with Crippen LogP contribution in [0.15, 0.2) is 34.1 Å². The summed E-state index contributed by atoms with van der Waals surface area (Å²) in [6.45, 7) is 2.99. The standard InChI is InChI=1S/C16H14Cl4O4S2/c1-3-25(21,22)15-7-11(17)9(5-13(15)19)10-6-14(20)16(8-12(10)18)26(23,24)4-2/h5-8H,3-4H2,1-2H3/i1+2,2+2. The second-order valence-corrected chi connectivity index (χ2v) is 11.5. The van der Waals surface area contributed by atoms with Crippen LogP contribution < -0.4 is 0 Å². The third-order valence-corrected chi connectivity index (χ3v) is 8.77. The molecule has 0 aromatic heterocycles. The fourth-order valence-electron chi connectivity index (χ4n) is 2.26. The van der Waals surface area contributed by atoms with Crippen LogP contribution in [0.5, 0.6) is 0 Å². The van der Waals surface area contributed by atoms with Gasteiger partial charge in [-0.2, -0.15) is 0 Å². The maximum absolute atomic E-state index is 12.1. The Balaban J connectivity index is 2.71. The van der Waals surface area contributed by atoms with E-state index in [1.54, 1.807) is 0 Å². The predicted octanol–water partition coefficient (Wildman–Crippen LogP) is 5.55. The summed E-state index contributed by atoms with van der Waals surface area (Å²) in [4.78, 5) is -0.161. The highest BCUT2D eigenvalue weighted by Gasteiger charge is 2.22. The van der Waals surface area contributed by atoms with Gasteiger partial charge in [0.05, 0.1) is 31.3 Å². The lowest BCUT2D eigenvalue weighted by atomic mass is 10.1. The Labute approximate surface area is 172 Å². The van der Waals surface area contributed by atoms with Crippen molar-refractivity contribution in [2.24, 2.45) is 0 Å². The van der Waals surface area contributed by atoms with Gasteiger partial charge >= 0.3 is 0 Å². The number of hydrogen-bond acceptors (Lipinski definition) is 4. The zero-order valence-electron chi connectivity index (χ0n) is 13.7. The summed E-state index contributed by atoms with van der Waals surface area (Å²) >= 11 is 24.7. The van der Waals surface area contributed by atoms with E-state index in [9.17, 15) is 16.8 Å². The molecule has 2 aromatic carbocycles. The van der Waals surface area contributed by atoms with E-state index in [1.807, 2.05) is 0 Å². The molecule has 0 heterocycles. The molecule has 4 nitrogen and oxygen atoms in total. The van der Waals surface area contributed by atoms with Crippen molar-refractivity contribution >= 4 is 66.1 Å². The predicted molar refractivity (Wildman–Crippen MR) is 107 cm³/mol. The monoisotopic (exact) mass is 478 g/mol. The molecule has 142 valence electrons. The molecule has 0 N–H and O–H groups in total. The van der Waals surface area contributed by atoms with E-state index >= 15 is 0 Å². The quantitative estimate of drug-likeness (QED) is 0.563. The third kappa shape index (κ3) is 4.16. The minimum atomic E-state index is -3.55. The Morgan fingerprint density at radius 1 is 0.615 bits per heavy atom. The van der Waals surface area contributed by atoms with Gasteiger partial charge in [-0.05, 0) is 24.3 Å². The topological polar surface area (TPSA) is 68.3 Å². The molecule has 0 aliphatic heterocycles. The molecule has 2 aromatic rings. The molecule has 0 amide bonds. The van der Waals surface area contributed by atoms with Gasteiger partial charge in [-0.3, -0.25) is 0 Å². The Kier molecular flexibility index (Phi) is 6.59. The van der Waals surface area contributed by atoms with Crippen LogP contribution in [0.3, 0.4) is 0 Å². The van der Waals surface area contributed by atoms with Crippen LogP contribution in [-0.4, -0.2) is 28.3 Å². The maximum Gasteiger partial charge on any atom is 0.179 e. The molecule has 0 radical (unpaired) electrons. The van der Waals surface area contributed by atoms with Crippen LogP contribution in [0.25, 0.3) is 11.1 Å². The average Bonchev–Trinajstić information content (AvgIpc) is 2.58. The summed E-state index contributed by atoms with van der Waals surface area (Å²) in [5.41, 5.74) is 0.693. The summed E-state index contributed by atoms with van der Waals surface area (Å²) in [5, 5.41) is 0.184. The van der Waals surface area contributed by atoms with Crippen LogP contribution in [0, 0.1) is 0 Å². The Morgan fingerprint density at radius 3 is 1.19 bits per heavy atom. The van der Waals surface area contributed by atoms with Gasteiger partial charge in [-0.25, -0.2) is 16.8 Å². The number of benzene rings is 2. The molecule has 0 fully saturated rings. The SMILES string of the molecule is [14CH3]CS(=O)(=O)c1cc(Cl)c(-c2cc(Cl)c(S(=O)(=O)C[14CH3])cc2Cl)cc1Cl. The molecule has 0 saturated heterocycles. The smallest absolute Gasteiger partial charge is 0.179 e. The summed E-state index contributed by atoms with van der Waals surface area (Å²) < 4.78 is 48.3. The highest BCUT2D eigenvalue weighted by atomic mass is 35.5. The van der Waals surface area contributed by atoms with Crippen molar-refractivity contribution in [1.82, 2.24) is 0 Å². The van der Waals surface area contributed by atoms with Gasteiger partial charge < -0.3 is 0 Å². The van der Waals surface area contributed by atoms with E-state index in [-0.39, 0.29) is 41.4 Å². The Hall–Kier alpha value is -0.500. The van der Waals surface area contributed by atoms with Gasteiger partial charge in [0.1, 0.15) is 0 Å². The third-order valence-electron chi connectivity index (χ3n) is 3.76. The van der Waals surface area contributed by atoms with Crippen LogP contribution in [0.2, 0.25) is 20.1 Å². The van der Waals surface area contributed by atoms with Crippen molar-refractivity contribution in [3.8, 4) is 11.1 Å². The van der Waals surface area contributed by atoms with Gasteiger partial charge in [-0.15, -0.1) is 0 Å². The fourth-order valence-corrected chi connectivity index (χ4v) is 5.88. The zero-order chi connectivity index (χ0) is 19.9. The lowest BCUT2D eigenvalue weighted by Gasteiger charge is -2.13. The molecule has 0 bridgehead atoms. The van der Waals surface area contributed by atoms with Crippen LogP contribution in [-0.2, 0) is 19.7 Å². The van der Waals surface area contributed by atoms with E-state index < -0.39 is 19.7 Å². The first-order chi connectivity index (χ1) is 11.9.